The van der Waals surface area contributed by atoms with E-state index in [9.17, 15) is 4.79 Å². The number of ether oxygens (including phenoxy) is 1. The van der Waals surface area contributed by atoms with Crippen LogP contribution < -0.4 is 4.74 Å². The van der Waals surface area contributed by atoms with Crippen LogP contribution in [0.3, 0.4) is 0 Å². The van der Waals surface area contributed by atoms with Gasteiger partial charge in [-0.05, 0) is 66.3 Å². The Morgan fingerprint density at radius 1 is 1.00 bits per heavy atom. The summed E-state index contributed by atoms with van der Waals surface area (Å²) in [7, 11) is 0. The molecule has 4 aromatic rings. The second-order valence-electron chi connectivity index (χ2n) is 8.01. The molecule has 0 atom stereocenters. The standard InChI is InChI=1S/C26H25N3O2/c30-26(21-8-10-22(11-9-21)31-18-19-5-2-1-3-6-19)29-15-12-20(13-16-29)24-17-28-25-23(24)7-4-14-27-25/h1-11,14,17,20H,12-13,15-16,18H2,(H,27,28). The van der Waals surface area contributed by atoms with Gasteiger partial charge in [0.2, 0.25) is 0 Å². The number of fused-ring (bicyclic) bond motifs is 1. The number of rotatable bonds is 5. The number of likely N-dealkylation sites (tertiary alicyclic amines) is 1. The Morgan fingerprint density at radius 3 is 2.55 bits per heavy atom. The lowest BCUT2D eigenvalue weighted by atomic mass is 9.89. The molecule has 0 unspecified atom stereocenters. The van der Waals surface area contributed by atoms with Gasteiger partial charge in [0.1, 0.15) is 18.0 Å². The molecule has 1 fully saturated rings. The molecule has 0 radical (unpaired) electrons. The maximum absolute atomic E-state index is 13.0. The fraction of sp³-hybridized carbons (Fsp3) is 0.231. The van der Waals surface area contributed by atoms with E-state index in [1.165, 1.54) is 10.9 Å². The van der Waals surface area contributed by atoms with Crippen LogP contribution >= 0.6 is 0 Å². The molecule has 1 aliphatic rings. The number of pyridine rings is 1. The Labute approximate surface area is 181 Å². The number of hydrogen-bond donors (Lipinski definition) is 1. The minimum absolute atomic E-state index is 0.0913. The first-order valence-corrected chi connectivity index (χ1v) is 10.8. The second-order valence-corrected chi connectivity index (χ2v) is 8.01. The topological polar surface area (TPSA) is 58.2 Å². The molecule has 5 rings (SSSR count). The molecule has 1 N–H and O–H groups in total. The largest absolute Gasteiger partial charge is 0.489 e. The van der Waals surface area contributed by atoms with Crippen molar-refractivity contribution < 1.29 is 9.53 Å². The van der Waals surface area contributed by atoms with Crippen molar-refractivity contribution in [3.8, 4) is 5.75 Å². The van der Waals surface area contributed by atoms with Gasteiger partial charge >= 0.3 is 0 Å². The molecule has 0 aliphatic carbocycles. The van der Waals surface area contributed by atoms with E-state index < -0.39 is 0 Å². The zero-order valence-electron chi connectivity index (χ0n) is 17.3. The number of hydrogen-bond acceptors (Lipinski definition) is 3. The number of benzene rings is 2. The molecule has 3 heterocycles. The molecule has 1 saturated heterocycles. The SMILES string of the molecule is O=C(c1ccc(OCc2ccccc2)cc1)N1CCC(c2c[nH]c3ncccc23)CC1. The third-order valence-corrected chi connectivity index (χ3v) is 6.05. The first kappa shape index (κ1) is 19.4. The van der Waals surface area contributed by atoms with E-state index in [2.05, 4.69) is 22.2 Å². The van der Waals surface area contributed by atoms with Crippen LogP contribution in [0.25, 0.3) is 11.0 Å². The van der Waals surface area contributed by atoms with Crippen LogP contribution in [-0.4, -0.2) is 33.9 Å². The molecule has 0 spiro atoms. The number of aromatic amines is 1. The van der Waals surface area contributed by atoms with Crippen molar-refractivity contribution in [1.29, 1.82) is 0 Å². The van der Waals surface area contributed by atoms with Crippen molar-refractivity contribution in [2.24, 2.45) is 0 Å². The van der Waals surface area contributed by atoms with Gasteiger partial charge in [0.05, 0.1) is 0 Å². The summed E-state index contributed by atoms with van der Waals surface area (Å²) in [4.78, 5) is 22.6. The Hall–Kier alpha value is -3.60. The average molecular weight is 412 g/mol. The summed E-state index contributed by atoms with van der Waals surface area (Å²) < 4.78 is 5.83. The Bertz CT molecular complexity index is 1160. The summed E-state index contributed by atoms with van der Waals surface area (Å²) in [5, 5.41) is 1.19. The number of aromatic nitrogens is 2. The van der Waals surface area contributed by atoms with Gasteiger partial charge in [-0.3, -0.25) is 4.79 Å². The predicted molar refractivity (Wildman–Crippen MR) is 121 cm³/mol. The van der Waals surface area contributed by atoms with Crippen molar-refractivity contribution in [3.05, 3.63) is 95.8 Å². The van der Waals surface area contributed by atoms with Gasteiger partial charge in [-0.25, -0.2) is 4.98 Å². The molecule has 156 valence electrons. The van der Waals surface area contributed by atoms with Crippen molar-refractivity contribution in [2.75, 3.05) is 13.1 Å². The molecule has 31 heavy (non-hydrogen) atoms. The molecule has 0 saturated carbocycles. The second kappa shape index (κ2) is 8.64. The summed E-state index contributed by atoms with van der Waals surface area (Å²) in [5.74, 6) is 1.32. The number of nitrogens with zero attached hydrogens (tertiary/aromatic N) is 2. The minimum Gasteiger partial charge on any atom is -0.489 e. The van der Waals surface area contributed by atoms with E-state index >= 15 is 0 Å². The predicted octanol–water partition coefficient (Wildman–Crippen LogP) is 5.16. The molecule has 1 aliphatic heterocycles. The third-order valence-electron chi connectivity index (χ3n) is 6.05. The van der Waals surface area contributed by atoms with E-state index in [0.717, 1.165) is 42.9 Å². The summed E-state index contributed by atoms with van der Waals surface area (Å²) in [6.07, 6.45) is 5.81. The lowest BCUT2D eigenvalue weighted by Crippen LogP contribution is -2.37. The maximum atomic E-state index is 13.0. The summed E-state index contributed by atoms with van der Waals surface area (Å²) in [5.41, 5.74) is 4.08. The molecule has 2 aromatic heterocycles. The van der Waals surface area contributed by atoms with Crippen molar-refractivity contribution in [1.82, 2.24) is 14.9 Å². The van der Waals surface area contributed by atoms with Gasteiger partial charge in [0, 0.05) is 36.4 Å². The zero-order chi connectivity index (χ0) is 21.0. The highest BCUT2D eigenvalue weighted by Crippen LogP contribution is 2.33. The van der Waals surface area contributed by atoms with Crippen LogP contribution in [0, 0.1) is 0 Å². The monoisotopic (exact) mass is 411 g/mol. The Kier molecular flexibility index (Phi) is 5.40. The van der Waals surface area contributed by atoms with Crippen molar-refractivity contribution in [3.63, 3.8) is 0 Å². The number of carbonyl (C=O) groups is 1. The fourth-order valence-corrected chi connectivity index (χ4v) is 4.33. The first-order chi connectivity index (χ1) is 15.3. The van der Waals surface area contributed by atoms with Crippen LogP contribution in [-0.2, 0) is 6.61 Å². The van der Waals surface area contributed by atoms with E-state index in [0.29, 0.717) is 18.1 Å². The lowest BCUT2D eigenvalue weighted by molar-refractivity contribution is 0.0713. The van der Waals surface area contributed by atoms with Gasteiger partial charge in [-0.2, -0.15) is 0 Å². The van der Waals surface area contributed by atoms with Gasteiger partial charge < -0.3 is 14.6 Å². The van der Waals surface area contributed by atoms with Crippen molar-refractivity contribution >= 4 is 16.9 Å². The number of carbonyl (C=O) groups excluding carboxylic acids is 1. The Morgan fingerprint density at radius 2 is 1.77 bits per heavy atom. The smallest absolute Gasteiger partial charge is 0.253 e. The summed E-state index contributed by atoms with van der Waals surface area (Å²) in [6, 6.07) is 21.6. The van der Waals surface area contributed by atoms with Gasteiger partial charge in [-0.1, -0.05) is 30.3 Å². The maximum Gasteiger partial charge on any atom is 0.253 e. The van der Waals surface area contributed by atoms with E-state index in [4.69, 9.17) is 4.74 Å². The minimum atomic E-state index is 0.0913. The molecule has 0 bridgehead atoms. The molecule has 2 aromatic carbocycles. The molecule has 5 nitrogen and oxygen atoms in total. The Balaban J connectivity index is 1.18. The highest BCUT2D eigenvalue weighted by Gasteiger charge is 2.26. The van der Waals surface area contributed by atoms with Crippen LogP contribution in [0.1, 0.15) is 40.2 Å². The zero-order valence-corrected chi connectivity index (χ0v) is 17.3. The summed E-state index contributed by atoms with van der Waals surface area (Å²) >= 11 is 0. The fourth-order valence-electron chi connectivity index (χ4n) is 4.33. The number of amides is 1. The molecular weight excluding hydrogens is 386 g/mol. The average Bonchev–Trinajstić information content (AvgIpc) is 3.28. The van der Waals surface area contributed by atoms with Gasteiger partial charge in [0.15, 0.2) is 0 Å². The first-order valence-electron chi connectivity index (χ1n) is 10.8. The normalized spacial score (nSPS) is 14.6. The molecular formula is C26H25N3O2. The highest BCUT2D eigenvalue weighted by atomic mass is 16.5. The van der Waals surface area contributed by atoms with Crippen LogP contribution in [0.4, 0.5) is 0 Å². The highest BCUT2D eigenvalue weighted by molar-refractivity contribution is 5.94. The van der Waals surface area contributed by atoms with E-state index in [1.54, 1.807) is 0 Å². The lowest BCUT2D eigenvalue weighted by Gasteiger charge is -2.32. The van der Waals surface area contributed by atoms with E-state index in [-0.39, 0.29) is 5.91 Å². The number of H-pyrrole nitrogens is 1. The van der Waals surface area contributed by atoms with Crippen LogP contribution in [0.15, 0.2) is 79.1 Å². The van der Waals surface area contributed by atoms with Crippen LogP contribution in [0.2, 0.25) is 0 Å². The third kappa shape index (κ3) is 4.17. The molecule has 5 heteroatoms. The summed E-state index contributed by atoms with van der Waals surface area (Å²) in [6.45, 7) is 2.05. The number of nitrogens with one attached hydrogen (secondary N) is 1. The quantitative estimate of drug-likeness (QED) is 0.493. The van der Waals surface area contributed by atoms with Gasteiger partial charge in [0.25, 0.3) is 5.91 Å². The van der Waals surface area contributed by atoms with Crippen LogP contribution in [0.5, 0.6) is 5.75 Å². The van der Waals surface area contributed by atoms with Gasteiger partial charge in [-0.15, -0.1) is 0 Å². The van der Waals surface area contributed by atoms with E-state index in [1.807, 2.05) is 71.8 Å². The number of piperidine rings is 1. The molecule has 1 amide bonds. The van der Waals surface area contributed by atoms with Crippen molar-refractivity contribution in [2.45, 2.75) is 25.4 Å².